The van der Waals surface area contributed by atoms with Crippen molar-refractivity contribution in [2.75, 3.05) is 0 Å². The zero-order valence-electron chi connectivity index (χ0n) is 6.41. The molecule has 0 aliphatic carbocycles. The molecule has 1 rings (SSSR count). The minimum Gasteiger partial charge on any atom is -0.508 e. The molecule has 0 aliphatic rings. The molecule has 0 aliphatic heterocycles. The van der Waals surface area contributed by atoms with Gasteiger partial charge in [-0.15, -0.1) is 0 Å². The minimum atomic E-state index is 0.0714. The summed E-state index contributed by atoms with van der Waals surface area (Å²) in [6.45, 7) is 1.93. The van der Waals surface area contributed by atoms with E-state index >= 15 is 0 Å². The second-order valence-corrected chi connectivity index (χ2v) is 2.48. The molecule has 0 heterocycles. The summed E-state index contributed by atoms with van der Waals surface area (Å²) in [4.78, 5) is 0. The van der Waals surface area contributed by atoms with Crippen molar-refractivity contribution in [2.45, 2.75) is 13.0 Å². The molecule has 0 saturated carbocycles. The number of nitrogens with one attached hydrogen (secondary N) is 1. The van der Waals surface area contributed by atoms with Gasteiger partial charge in [-0.05, 0) is 24.6 Å². The number of phenols is 1. The largest absolute Gasteiger partial charge is 0.508 e. The van der Waals surface area contributed by atoms with Crippen LogP contribution in [-0.4, -0.2) is 5.11 Å². The molecule has 0 bridgehead atoms. The fraction of sp³-hybridized carbons (Fsp3) is 0.250. The van der Waals surface area contributed by atoms with Crippen LogP contribution in [0.15, 0.2) is 24.3 Å². The van der Waals surface area contributed by atoms with Gasteiger partial charge in [0.1, 0.15) is 5.75 Å². The number of phenolic OH excluding ortho intramolecular Hbond substituents is 1. The lowest BCUT2D eigenvalue weighted by Gasteiger charge is -2.09. The van der Waals surface area contributed by atoms with Crippen molar-refractivity contribution in [1.29, 1.82) is 0 Å². The first kappa shape index (κ1) is 8.04. The number of benzene rings is 1. The highest BCUT2D eigenvalue weighted by Gasteiger charge is 2.01. The minimum absolute atomic E-state index is 0.0714. The lowest BCUT2D eigenvalue weighted by atomic mass is 10.1. The van der Waals surface area contributed by atoms with E-state index < -0.39 is 0 Å². The third-order valence-electron chi connectivity index (χ3n) is 1.62. The van der Waals surface area contributed by atoms with Crippen molar-refractivity contribution in [3.63, 3.8) is 0 Å². The first-order valence-corrected chi connectivity index (χ1v) is 3.49. The molecule has 3 nitrogen and oxygen atoms in total. The van der Waals surface area contributed by atoms with Crippen LogP contribution in [0.4, 0.5) is 0 Å². The predicted molar refractivity (Wildman–Crippen MR) is 43.8 cm³/mol. The zero-order chi connectivity index (χ0) is 8.27. The van der Waals surface area contributed by atoms with Gasteiger partial charge >= 0.3 is 0 Å². The summed E-state index contributed by atoms with van der Waals surface area (Å²) < 4.78 is 0. The van der Waals surface area contributed by atoms with E-state index in [9.17, 15) is 0 Å². The third-order valence-corrected chi connectivity index (χ3v) is 1.62. The lowest BCUT2D eigenvalue weighted by Crippen LogP contribution is -2.25. The second kappa shape index (κ2) is 3.37. The number of nitrogens with two attached hydrogens (primary N) is 1. The average molecular weight is 152 g/mol. The van der Waals surface area contributed by atoms with Crippen LogP contribution >= 0.6 is 0 Å². The molecule has 0 saturated heterocycles. The highest BCUT2D eigenvalue weighted by atomic mass is 16.3. The van der Waals surface area contributed by atoms with Crippen LogP contribution in [-0.2, 0) is 0 Å². The van der Waals surface area contributed by atoms with E-state index in [1.54, 1.807) is 18.2 Å². The van der Waals surface area contributed by atoms with Crippen LogP contribution in [0.2, 0.25) is 0 Å². The summed E-state index contributed by atoms with van der Waals surface area (Å²) >= 11 is 0. The van der Waals surface area contributed by atoms with Crippen LogP contribution in [0.5, 0.6) is 5.75 Å². The van der Waals surface area contributed by atoms with Crippen LogP contribution in [0.1, 0.15) is 18.5 Å². The second-order valence-electron chi connectivity index (χ2n) is 2.48. The van der Waals surface area contributed by atoms with E-state index in [1.165, 1.54) is 0 Å². The van der Waals surface area contributed by atoms with Gasteiger partial charge in [-0.25, -0.2) is 0 Å². The Morgan fingerprint density at radius 1 is 1.55 bits per heavy atom. The maximum Gasteiger partial charge on any atom is 0.115 e. The summed E-state index contributed by atoms with van der Waals surface area (Å²) in [6, 6.07) is 7.09. The Hall–Kier alpha value is -1.06. The maximum atomic E-state index is 9.09. The first-order valence-electron chi connectivity index (χ1n) is 3.49. The average Bonchev–Trinajstić information content (AvgIpc) is 2.03. The van der Waals surface area contributed by atoms with E-state index in [1.807, 2.05) is 13.0 Å². The van der Waals surface area contributed by atoms with E-state index in [4.69, 9.17) is 10.9 Å². The quantitative estimate of drug-likeness (QED) is 0.436. The normalized spacial score (nSPS) is 12.9. The molecule has 4 N–H and O–H groups in total. The van der Waals surface area contributed by atoms with Crippen LogP contribution in [0, 0.1) is 0 Å². The van der Waals surface area contributed by atoms with E-state index in [2.05, 4.69) is 5.43 Å². The molecule has 1 aromatic rings. The molecule has 0 aromatic heterocycles. The Balaban J connectivity index is 2.86. The van der Waals surface area contributed by atoms with Crippen molar-refractivity contribution in [2.24, 2.45) is 5.84 Å². The third kappa shape index (κ3) is 1.93. The molecule has 11 heavy (non-hydrogen) atoms. The number of aromatic hydroxyl groups is 1. The van der Waals surface area contributed by atoms with Crippen LogP contribution in [0.25, 0.3) is 0 Å². The molecule has 3 heteroatoms. The fourth-order valence-corrected chi connectivity index (χ4v) is 0.890. The standard InChI is InChI=1S/C8H12N2O/c1-6(10-9)7-3-2-4-8(11)5-7/h2-6,10-11H,9H2,1H3/t6-/m1/s1. The Morgan fingerprint density at radius 3 is 2.82 bits per heavy atom. The van der Waals surface area contributed by atoms with Gasteiger partial charge in [-0.2, -0.15) is 0 Å². The number of hydrazine groups is 1. The highest BCUT2D eigenvalue weighted by Crippen LogP contribution is 2.16. The lowest BCUT2D eigenvalue weighted by molar-refractivity contribution is 0.472. The molecular formula is C8H12N2O. The van der Waals surface area contributed by atoms with Gasteiger partial charge in [-0.1, -0.05) is 12.1 Å². The Morgan fingerprint density at radius 2 is 2.27 bits per heavy atom. The summed E-state index contributed by atoms with van der Waals surface area (Å²) in [5.41, 5.74) is 3.58. The van der Waals surface area contributed by atoms with Gasteiger partial charge in [0.15, 0.2) is 0 Å². The molecule has 0 unspecified atom stereocenters. The molecule has 60 valence electrons. The van der Waals surface area contributed by atoms with Gasteiger partial charge in [0.25, 0.3) is 0 Å². The smallest absolute Gasteiger partial charge is 0.115 e. The number of hydrogen-bond acceptors (Lipinski definition) is 3. The van der Waals surface area contributed by atoms with Crippen molar-refractivity contribution in [3.8, 4) is 5.75 Å². The maximum absolute atomic E-state index is 9.09. The number of hydrogen-bond donors (Lipinski definition) is 3. The van der Waals surface area contributed by atoms with Gasteiger partial charge in [0.2, 0.25) is 0 Å². The van der Waals surface area contributed by atoms with Gasteiger partial charge < -0.3 is 5.11 Å². The molecule has 0 fully saturated rings. The van der Waals surface area contributed by atoms with E-state index in [0.717, 1.165) is 5.56 Å². The first-order chi connectivity index (χ1) is 5.24. The Kier molecular flexibility index (Phi) is 2.46. The molecule has 0 spiro atoms. The molecule has 0 amide bonds. The Bertz CT molecular complexity index is 237. The monoisotopic (exact) mass is 152 g/mol. The fourth-order valence-electron chi connectivity index (χ4n) is 0.890. The van der Waals surface area contributed by atoms with E-state index in [-0.39, 0.29) is 11.8 Å². The van der Waals surface area contributed by atoms with Crippen molar-refractivity contribution < 1.29 is 5.11 Å². The van der Waals surface area contributed by atoms with Crippen molar-refractivity contribution in [1.82, 2.24) is 5.43 Å². The summed E-state index contributed by atoms with van der Waals surface area (Å²) in [5, 5.41) is 9.09. The highest BCUT2D eigenvalue weighted by molar-refractivity contribution is 5.28. The summed E-state index contributed by atoms with van der Waals surface area (Å²) in [7, 11) is 0. The van der Waals surface area contributed by atoms with Crippen molar-refractivity contribution >= 4 is 0 Å². The van der Waals surface area contributed by atoms with Crippen LogP contribution in [0.3, 0.4) is 0 Å². The van der Waals surface area contributed by atoms with Gasteiger partial charge in [0.05, 0.1) is 0 Å². The molecular weight excluding hydrogens is 140 g/mol. The van der Waals surface area contributed by atoms with Gasteiger partial charge in [-0.3, -0.25) is 11.3 Å². The molecule has 1 atom stereocenters. The van der Waals surface area contributed by atoms with E-state index in [0.29, 0.717) is 0 Å². The Labute approximate surface area is 65.8 Å². The number of rotatable bonds is 2. The molecule has 1 aromatic carbocycles. The predicted octanol–water partition coefficient (Wildman–Crippen LogP) is 0.917. The topological polar surface area (TPSA) is 58.3 Å². The van der Waals surface area contributed by atoms with Crippen molar-refractivity contribution in [3.05, 3.63) is 29.8 Å². The summed E-state index contributed by atoms with van der Waals surface area (Å²) in [6.07, 6.45) is 0. The van der Waals surface area contributed by atoms with Gasteiger partial charge in [0, 0.05) is 6.04 Å². The zero-order valence-corrected chi connectivity index (χ0v) is 6.41. The molecule has 0 radical (unpaired) electrons. The van der Waals surface area contributed by atoms with Crippen LogP contribution < -0.4 is 11.3 Å². The SMILES string of the molecule is C[C@@H](NN)c1cccc(O)c1. The summed E-state index contributed by atoms with van der Waals surface area (Å²) in [5.74, 6) is 5.49.